The van der Waals surface area contributed by atoms with Crippen LogP contribution in [0.2, 0.25) is 0 Å². The number of carbonyl (C=O) groups excluding carboxylic acids is 1. The van der Waals surface area contributed by atoms with Gasteiger partial charge in [0.2, 0.25) is 0 Å². The Hall–Kier alpha value is -0.970. The number of halogens is 3. The van der Waals surface area contributed by atoms with Gasteiger partial charge in [-0.15, -0.1) is 0 Å². The van der Waals surface area contributed by atoms with Crippen molar-refractivity contribution in [1.82, 2.24) is 0 Å². The lowest BCUT2D eigenvalue weighted by atomic mass is 10.1. The van der Waals surface area contributed by atoms with Gasteiger partial charge in [0, 0.05) is 0 Å². The Morgan fingerprint density at radius 1 is 1.47 bits per heavy atom. The van der Waals surface area contributed by atoms with Crippen LogP contribution in [0.1, 0.15) is 36.2 Å². The lowest BCUT2D eigenvalue weighted by Gasteiger charge is -2.13. The van der Waals surface area contributed by atoms with Crippen LogP contribution in [0.5, 0.6) is 5.75 Å². The van der Waals surface area contributed by atoms with E-state index >= 15 is 0 Å². The Morgan fingerprint density at radius 3 is 2.59 bits per heavy atom. The predicted molar refractivity (Wildman–Crippen MR) is 64.9 cm³/mol. The number of ketones is 1. The van der Waals surface area contributed by atoms with E-state index in [4.69, 9.17) is 4.74 Å². The topological polar surface area (TPSA) is 26.3 Å². The van der Waals surface area contributed by atoms with Gasteiger partial charge in [0.25, 0.3) is 6.43 Å². The quantitative estimate of drug-likeness (QED) is 0.767. The molecule has 0 aliphatic carbocycles. The molecule has 0 fully saturated rings. The van der Waals surface area contributed by atoms with Gasteiger partial charge in [-0.25, -0.2) is 8.78 Å². The highest BCUT2D eigenvalue weighted by Crippen LogP contribution is 2.34. The molecule has 0 aromatic heterocycles. The molecule has 94 valence electrons. The van der Waals surface area contributed by atoms with Crippen molar-refractivity contribution in [3.05, 3.63) is 29.3 Å². The molecule has 0 radical (unpaired) electrons. The molecule has 0 saturated heterocycles. The fraction of sp³-hybridized carbons (Fsp3) is 0.417. The lowest BCUT2D eigenvalue weighted by Crippen LogP contribution is -2.03. The molecule has 0 aliphatic heterocycles. The van der Waals surface area contributed by atoms with E-state index in [1.165, 1.54) is 25.1 Å². The predicted octanol–water partition coefficient (Wildman–Crippen LogP) is 4.05. The van der Waals surface area contributed by atoms with E-state index in [0.717, 1.165) is 0 Å². The largest absolute Gasteiger partial charge is 0.493 e. The van der Waals surface area contributed by atoms with E-state index in [2.05, 4.69) is 15.9 Å². The fourth-order valence-corrected chi connectivity index (χ4v) is 1.69. The number of hydrogen-bond donors (Lipinski definition) is 0. The maximum atomic E-state index is 12.7. The number of carbonyl (C=O) groups is 1. The van der Waals surface area contributed by atoms with Crippen LogP contribution < -0.4 is 4.74 Å². The Labute approximate surface area is 107 Å². The number of benzene rings is 1. The molecule has 0 amide bonds. The minimum atomic E-state index is -2.59. The van der Waals surface area contributed by atoms with Crippen LogP contribution in [0, 0.1) is 0 Å². The van der Waals surface area contributed by atoms with Crippen molar-refractivity contribution in [2.45, 2.75) is 25.1 Å². The summed E-state index contributed by atoms with van der Waals surface area (Å²) < 4.78 is 30.5. The molecule has 0 spiro atoms. The SMILES string of the molecule is CCOc1cc(C(Br)C(C)=O)ccc1C(F)F. The normalized spacial score (nSPS) is 12.6. The van der Waals surface area contributed by atoms with Crippen molar-refractivity contribution in [2.24, 2.45) is 0 Å². The van der Waals surface area contributed by atoms with Crippen molar-refractivity contribution in [3.8, 4) is 5.75 Å². The zero-order valence-electron chi connectivity index (χ0n) is 9.54. The molecule has 5 heteroatoms. The van der Waals surface area contributed by atoms with Crippen molar-refractivity contribution in [1.29, 1.82) is 0 Å². The molecular formula is C12H13BrF2O2. The number of ether oxygens (including phenoxy) is 1. The van der Waals surface area contributed by atoms with Gasteiger partial charge in [-0.3, -0.25) is 4.79 Å². The third-order valence-electron chi connectivity index (χ3n) is 2.22. The third kappa shape index (κ3) is 3.49. The van der Waals surface area contributed by atoms with Gasteiger partial charge in [0.1, 0.15) is 11.5 Å². The summed E-state index contributed by atoms with van der Waals surface area (Å²) in [5.74, 6) is 0.0444. The molecule has 1 atom stereocenters. The Morgan fingerprint density at radius 2 is 2.12 bits per heavy atom. The number of Topliss-reactive ketones (excluding diaryl/α,β-unsaturated/α-hetero) is 1. The van der Waals surface area contributed by atoms with Gasteiger partial charge in [-0.2, -0.15) is 0 Å². The standard InChI is InChI=1S/C12H13BrF2O2/c1-3-17-10-6-8(11(13)7(2)16)4-5-9(10)12(14)15/h4-6,11-12H,3H2,1-2H3. The van der Waals surface area contributed by atoms with Crippen LogP contribution in [0.25, 0.3) is 0 Å². The number of alkyl halides is 3. The van der Waals surface area contributed by atoms with Crippen LogP contribution in [0.3, 0.4) is 0 Å². The molecule has 1 aromatic rings. The maximum absolute atomic E-state index is 12.7. The number of hydrogen-bond acceptors (Lipinski definition) is 2. The van der Waals surface area contributed by atoms with Crippen LogP contribution in [-0.4, -0.2) is 12.4 Å². The van der Waals surface area contributed by atoms with E-state index in [-0.39, 0.29) is 17.1 Å². The first-order valence-electron chi connectivity index (χ1n) is 5.16. The average Bonchev–Trinajstić information content (AvgIpc) is 2.27. The average molecular weight is 307 g/mol. The zero-order valence-corrected chi connectivity index (χ0v) is 11.1. The van der Waals surface area contributed by atoms with Gasteiger partial charge >= 0.3 is 0 Å². The maximum Gasteiger partial charge on any atom is 0.267 e. The summed E-state index contributed by atoms with van der Waals surface area (Å²) in [6, 6.07) is 4.28. The Balaban J connectivity index is 3.13. The molecule has 0 heterocycles. The van der Waals surface area contributed by atoms with Gasteiger partial charge in [0.05, 0.1) is 17.0 Å². The summed E-state index contributed by atoms with van der Waals surface area (Å²) in [6.45, 7) is 3.45. The second kappa shape index (κ2) is 6.10. The first-order valence-corrected chi connectivity index (χ1v) is 6.08. The summed E-state index contributed by atoms with van der Waals surface area (Å²) in [4.78, 5) is 10.7. The molecule has 17 heavy (non-hydrogen) atoms. The second-order valence-electron chi connectivity index (χ2n) is 3.50. The van der Waals surface area contributed by atoms with E-state index in [1.807, 2.05) is 0 Å². The van der Waals surface area contributed by atoms with Crippen LogP contribution >= 0.6 is 15.9 Å². The minimum absolute atomic E-state index is 0.0859. The fourth-order valence-electron chi connectivity index (χ4n) is 1.40. The lowest BCUT2D eigenvalue weighted by molar-refractivity contribution is -0.116. The van der Waals surface area contributed by atoms with Gasteiger partial charge < -0.3 is 4.74 Å². The molecule has 0 N–H and O–H groups in total. The first kappa shape index (κ1) is 14.1. The van der Waals surface area contributed by atoms with Gasteiger partial charge in [-0.1, -0.05) is 22.0 Å². The summed E-state index contributed by atoms with van der Waals surface area (Å²) in [5, 5.41) is 0. The van der Waals surface area contributed by atoms with Crippen molar-refractivity contribution >= 4 is 21.7 Å². The van der Waals surface area contributed by atoms with Gasteiger partial charge in [0.15, 0.2) is 0 Å². The Bertz CT molecular complexity index is 407. The van der Waals surface area contributed by atoms with Crippen LogP contribution in [-0.2, 0) is 4.79 Å². The van der Waals surface area contributed by atoms with E-state index in [0.29, 0.717) is 12.2 Å². The van der Waals surface area contributed by atoms with Crippen LogP contribution in [0.4, 0.5) is 8.78 Å². The first-order chi connectivity index (χ1) is 7.97. The van der Waals surface area contributed by atoms with Gasteiger partial charge in [-0.05, 0) is 31.5 Å². The smallest absolute Gasteiger partial charge is 0.267 e. The van der Waals surface area contributed by atoms with Crippen LogP contribution in [0.15, 0.2) is 18.2 Å². The minimum Gasteiger partial charge on any atom is -0.493 e. The highest BCUT2D eigenvalue weighted by atomic mass is 79.9. The second-order valence-corrected chi connectivity index (χ2v) is 4.42. The zero-order chi connectivity index (χ0) is 13.0. The van der Waals surface area contributed by atoms with E-state index in [9.17, 15) is 13.6 Å². The summed E-state index contributed by atoms with van der Waals surface area (Å²) in [5.41, 5.74) is 0.462. The highest BCUT2D eigenvalue weighted by molar-refractivity contribution is 9.09. The van der Waals surface area contributed by atoms with E-state index < -0.39 is 11.3 Å². The van der Waals surface area contributed by atoms with Crippen molar-refractivity contribution < 1.29 is 18.3 Å². The molecule has 1 rings (SSSR count). The summed E-state index contributed by atoms with van der Waals surface area (Å²) in [7, 11) is 0. The monoisotopic (exact) mass is 306 g/mol. The van der Waals surface area contributed by atoms with Crippen molar-refractivity contribution in [3.63, 3.8) is 0 Å². The molecule has 0 saturated carbocycles. The van der Waals surface area contributed by atoms with Crippen molar-refractivity contribution in [2.75, 3.05) is 6.61 Å². The Kier molecular flexibility index (Phi) is 5.05. The summed E-state index contributed by atoms with van der Waals surface area (Å²) >= 11 is 3.20. The summed E-state index contributed by atoms with van der Waals surface area (Å²) in [6.07, 6.45) is -2.59. The van der Waals surface area contributed by atoms with E-state index in [1.54, 1.807) is 6.92 Å². The molecule has 1 unspecified atom stereocenters. The molecule has 2 nitrogen and oxygen atoms in total. The molecule has 0 bridgehead atoms. The highest BCUT2D eigenvalue weighted by Gasteiger charge is 2.18. The molecular weight excluding hydrogens is 294 g/mol. The third-order valence-corrected chi connectivity index (χ3v) is 3.40. The molecule has 0 aliphatic rings. The molecule has 1 aromatic carbocycles. The number of rotatable bonds is 5.